The van der Waals surface area contributed by atoms with Crippen molar-refractivity contribution in [3.8, 4) is 0 Å². The Morgan fingerprint density at radius 2 is 1.53 bits per heavy atom. The van der Waals surface area contributed by atoms with E-state index in [4.69, 9.17) is 0 Å². The Bertz CT molecular complexity index is 682. The smallest absolute Gasteiger partial charge is 0.254 e. The highest BCUT2D eigenvalue weighted by atomic mass is 79.9. The minimum absolute atomic E-state index is 0.0209. The van der Waals surface area contributed by atoms with Crippen LogP contribution in [0.25, 0.3) is 10.8 Å². The molecular formula is C13H9Br4NO. The molecule has 2 aromatic carbocycles. The summed E-state index contributed by atoms with van der Waals surface area (Å²) in [6.07, 6.45) is 0. The quantitative estimate of drug-likeness (QED) is 0.359. The van der Waals surface area contributed by atoms with Gasteiger partial charge in [0.05, 0.1) is 0 Å². The van der Waals surface area contributed by atoms with E-state index in [0.29, 0.717) is 5.56 Å². The first kappa shape index (κ1) is 15.5. The first-order valence-corrected chi connectivity index (χ1v) is 8.49. The van der Waals surface area contributed by atoms with Crippen LogP contribution in [0.2, 0.25) is 0 Å². The van der Waals surface area contributed by atoms with Crippen molar-refractivity contribution in [1.82, 2.24) is 4.90 Å². The molecule has 0 saturated carbocycles. The highest BCUT2D eigenvalue weighted by molar-refractivity contribution is 9.15. The van der Waals surface area contributed by atoms with Crippen LogP contribution in [0.4, 0.5) is 0 Å². The van der Waals surface area contributed by atoms with Crippen molar-refractivity contribution in [1.29, 1.82) is 0 Å². The summed E-state index contributed by atoms with van der Waals surface area (Å²) < 4.78 is 3.58. The molecule has 2 rings (SSSR count). The summed E-state index contributed by atoms with van der Waals surface area (Å²) in [5, 5.41) is 1.87. The maximum absolute atomic E-state index is 12.3. The number of halogens is 4. The highest BCUT2D eigenvalue weighted by Gasteiger charge is 2.19. The van der Waals surface area contributed by atoms with Crippen molar-refractivity contribution in [3.05, 3.63) is 41.7 Å². The lowest BCUT2D eigenvalue weighted by Crippen LogP contribution is -2.22. The molecule has 0 bridgehead atoms. The van der Waals surface area contributed by atoms with Gasteiger partial charge >= 0.3 is 0 Å². The number of benzene rings is 2. The molecule has 6 heteroatoms. The van der Waals surface area contributed by atoms with E-state index in [2.05, 4.69) is 63.7 Å². The molecular weight excluding hydrogens is 506 g/mol. The molecule has 100 valence electrons. The van der Waals surface area contributed by atoms with E-state index in [1.807, 2.05) is 18.2 Å². The summed E-state index contributed by atoms with van der Waals surface area (Å²) in [6, 6.07) is 5.70. The lowest BCUT2D eigenvalue weighted by atomic mass is 10.0. The van der Waals surface area contributed by atoms with Gasteiger partial charge in [-0.2, -0.15) is 0 Å². The van der Waals surface area contributed by atoms with Crippen LogP contribution in [-0.4, -0.2) is 24.9 Å². The molecule has 2 nitrogen and oxygen atoms in total. The van der Waals surface area contributed by atoms with E-state index in [0.717, 1.165) is 28.7 Å². The second kappa shape index (κ2) is 5.84. The lowest BCUT2D eigenvalue weighted by Gasteiger charge is -2.16. The summed E-state index contributed by atoms with van der Waals surface area (Å²) in [5.74, 6) is -0.0209. The topological polar surface area (TPSA) is 20.3 Å². The van der Waals surface area contributed by atoms with E-state index >= 15 is 0 Å². The molecule has 19 heavy (non-hydrogen) atoms. The Kier molecular flexibility index (Phi) is 4.75. The second-order valence-electron chi connectivity index (χ2n) is 4.18. The van der Waals surface area contributed by atoms with E-state index in [9.17, 15) is 4.79 Å². The van der Waals surface area contributed by atoms with Gasteiger partial charge in [-0.1, -0.05) is 12.1 Å². The number of carbonyl (C=O) groups is 1. The highest BCUT2D eigenvalue weighted by Crippen LogP contribution is 2.44. The third-order valence-corrected chi connectivity index (χ3v) is 7.53. The molecule has 0 aliphatic carbocycles. The van der Waals surface area contributed by atoms with Crippen LogP contribution in [0.3, 0.4) is 0 Å². The van der Waals surface area contributed by atoms with E-state index < -0.39 is 0 Å². The number of hydrogen-bond acceptors (Lipinski definition) is 1. The Labute approximate surface area is 145 Å². The van der Waals surface area contributed by atoms with Crippen molar-refractivity contribution in [2.75, 3.05) is 14.1 Å². The fourth-order valence-corrected chi connectivity index (χ4v) is 4.31. The van der Waals surface area contributed by atoms with Crippen molar-refractivity contribution < 1.29 is 4.79 Å². The maximum atomic E-state index is 12.3. The molecule has 0 radical (unpaired) electrons. The fourth-order valence-electron chi connectivity index (χ4n) is 1.81. The standard InChI is InChI=1S/C13H9Br4NO/c1-18(2)13(19)7-5-3-4-6-8(7)10(15)12(17)11(16)9(6)14/h3-5H,1-2H3. The number of hydrogen-bond donors (Lipinski definition) is 0. The van der Waals surface area contributed by atoms with Crippen LogP contribution >= 0.6 is 63.7 Å². The Hall–Kier alpha value is 0.0900. The van der Waals surface area contributed by atoms with Crippen LogP contribution in [0.15, 0.2) is 36.1 Å². The third-order valence-electron chi connectivity index (χ3n) is 2.74. The minimum atomic E-state index is -0.0209. The fraction of sp³-hybridized carbons (Fsp3) is 0.154. The average Bonchev–Trinajstić information content (AvgIpc) is 2.40. The van der Waals surface area contributed by atoms with Crippen molar-refractivity contribution in [2.24, 2.45) is 0 Å². The van der Waals surface area contributed by atoms with E-state index in [1.54, 1.807) is 19.0 Å². The van der Waals surface area contributed by atoms with Gasteiger partial charge < -0.3 is 4.90 Å². The first-order chi connectivity index (χ1) is 8.86. The summed E-state index contributed by atoms with van der Waals surface area (Å²) in [5.41, 5.74) is 0.670. The van der Waals surface area contributed by atoms with Crippen LogP contribution in [0, 0.1) is 0 Å². The maximum Gasteiger partial charge on any atom is 0.254 e. The van der Waals surface area contributed by atoms with Crippen LogP contribution in [-0.2, 0) is 0 Å². The molecule has 0 atom stereocenters. The number of fused-ring (bicyclic) bond motifs is 1. The van der Waals surface area contributed by atoms with Crippen LogP contribution in [0.5, 0.6) is 0 Å². The summed E-state index contributed by atoms with van der Waals surface area (Å²) in [7, 11) is 3.50. The third kappa shape index (κ3) is 2.64. The van der Waals surface area contributed by atoms with Gasteiger partial charge in [-0.05, 0) is 75.2 Å². The molecule has 0 spiro atoms. The van der Waals surface area contributed by atoms with Gasteiger partial charge in [-0.25, -0.2) is 0 Å². The van der Waals surface area contributed by atoms with Gasteiger partial charge in [0.2, 0.25) is 0 Å². The first-order valence-electron chi connectivity index (χ1n) is 5.32. The molecule has 0 aliphatic heterocycles. The van der Waals surface area contributed by atoms with Gasteiger partial charge in [0.15, 0.2) is 0 Å². The zero-order valence-corrected chi connectivity index (χ0v) is 16.4. The summed E-state index contributed by atoms with van der Waals surface area (Å²) in [6.45, 7) is 0. The normalized spacial score (nSPS) is 10.8. The molecule has 1 amide bonds. The van der Waals surface area contributed by atoms with Gasteiger partial charge in [-0.15, -0.1) is 0 Å². The predicted octanol–water partition coefficient (Wildman–Crippen LogP) is 5.59. The SMILES string of the molecule is CN(C)C(=O)c1cccc2c(Br)c(Br)c(Br)c(Br)c12. The molecule has 0 N–H and O–H groups in total. The largest absolute Gasteiger partial charge is 0.345 e. The molecule has 0 saturated heterocycles. The predicted molar refractivity (Wildman–Crippen MR) is 92.8 cm³/mol. The second-order valence-corrected chi connectivity index (χ2v) is 7.36. The van der Waals surface area contributed by atoms with Gasteiger partial charge in [-0.3, -0.25) is 4.79 Å². The minimum Gasteiger partial charge on any atom is -0.345 e. The number of nitrogens with zero attached hydrogens (tertiary/aromatic N) is 1. The Morgan fingerprint density at radius 1 is 0.947 bits per heavy atom. The van der Waals surface area contributed by atoms with Crippen molar-refractivity contribution in [3.63, 3.8) is 0 Å². The number of rotatable bonds is 1. The Morgan fingerprint density at radius 3 is 2.11 bits per heavy atom. The van der Waals surface area contributed by atoms with E-state index in [1.165, 1.54) is 0 Å². The van der Waals surface area contributed by atoms with Gasteiger partial charge in [0.25, 0.3) is 5.91 Å². The summed E-state index contributed by atoms with van der Waals surface area (Å²) >= 11 is 14.2. The van der Waals surface area contributed by atoms with Crippen molar-refractivity contribution in [2.45, 2.75) is 0 Å². The summed E-state index contributed by atoms with van der Waals surface area (Å²) in [4.78, 5) is 13.9. The number of amides is 1. The number of carbonyl (C=O) groups excluding carboxylic acids is 1. The van der Waals surface area contributed by atoms with Gasteiger partial charge in [0.1, 0.15) is 0 Å². The van der Waals surface area contributed by atoms with E-state index in [-0.39, 0.29) is 5.91 Å². The molecule has 0 aliphatic rings. The van der Waals surface area contributed by atoms with Crippen molar-refractivity contribution >= 4 is 80.4 Å². The zero-order chi connectivity index (χ0) is 14.3. The molecule has 0 aromatic heterocycles. The van der Waals surface area contributed by atoms with Crippen LogP contribution < -0.4 is 0 Å². The monoisotopic (exact) mass is 511 g/mol. The Balaban J connectivity index is 2.94. The lowest BCUT2D eigenvalue weighted by molar-refractivity contribution is 0.0829. The van der Waals surface area contributed by atoms with Crippen LogP contribution in [0.1, 0.15) is 10.4 Å². The molecule has 0 unspecified atom stereocenters. The average molecular weight is 515 g/mol. The molecule has 0 heterocycles. The molecule has 0 fully saturated rings. The zero-order valence-electron chi connectivity index (χ0n) is 10.1. The molecule has 2 aromatic rings. The van der Waals surface area contributed by atoms with Gasteiger partial charge in [0, 0.05) is 42.9 Å².